The van der Waals surface area contributed by atoms with Crippen LogP contribution in [0.15, 0.2) is 24.3 Å². The highest BCUT2D eigenvalue weighted by Crippen LogP contribution is 2.13. The number of hydrogen-bond acceptors (Lipinski definition) is 5. The number of hydrogen-bond donors (Lipinski definition) is 1. The highest BCUT2D eigenvalue weighted by molar-refractivity contribution is 5.75. The van der Waals surface area contributed by atoms with Crippen LogP contribution < -0.4 is 4.74 Å². The number of rotatable bonds is 15. The monoisotopic (exact) mass is 364 g/mol. The fraction of sp³-hybridized carbons (Fsp3) is 0.619. The van der Waals surface area contributed by atoms with Crippen molar-refractivity contribution < 1.29 is 24.2 Å². The molecule has 0 bridgehead atoms. The summed E-state index contributed by atoms with van der Waals surface area (Å²) in [6, 6.07) is 7.01. The van der Waals surface area contributed by atoms with Gasteiger partial charge in [0.25, 0.3) is 0 Å². The van der Waals surface area contributed by atoms with Crippen molar-refractivity contribution in [3.63, 3.8) is 0 Å². The van der Waals surface area contributed by atoms with Gasteiger partial charge in [0.15, 0.2) is 0 Å². The molecule has 1 rings (SSSR count). The average molecular weight is 364 g/mol. The lowest BCUT2D eigenvalue weighted by Gasteiger charge is -2.12. The Morgan fingerprint density at radius 3 is 2.73 bits per heavy atom. The zero-order valence-electron chi connectivity index (χ0n) is 15.8. The Hall–Kier alpha value is -1.88. The minimum Gasteiger partial charge on any atom is -0.494 e. The summed E-state index contributed by atoms with van der Waals surface area (Å²) in [6.07, 6.45) is 8.20. The standard InChI is InChI=1S/C21H32O5/c1-2-3-4-5-6-13-21(24)26-17-19(23)11-7-8-14-25-20-12-9-10-18(15-20)16-22/h9-10,12,15-16,19,23H,2-8,11,13-14,17H2,1H3/t19-/m1/s1. The number of carbonyl (C=O) groups is 2. The van der Waals surface area contributed by atoms with E-state index < -0.39 is 6.10 Å². The molecule has 1 aromatic carbocycles. The third kappa shape index (κ3) is 10.9. The zero-order valence-corrected chi connectivity index (χ0v) is 15.8. The van der Waals surface area contributed by atoms with Gasteiger partial charge in [-0.3, -0.25) is 9.59 Å². The fourth-order valence-electron chi connectivity index (χ4n) is 2.57. The predicted octanol–water partition coefficient (Wildman–Crippen LogP) is 4.31. The molecule has 0 radical (unpaired) electrons. The van der Waals surface area contributed by atoms with Crippen molar-refractivity contribution in [3.05, 3.63) is 29.8 Å². The molecule has 0 spiro atoms. The minimum absolute atomic E-state index is 0.0655. The van der Waals surface area contributed by atoms with Gasteiger partial charge in [-0.05, 0) is 37.8 Å². The number of ether oxygens (including phenoxy) is 2. The van der Waals surface area contributed by atoms with Gasteiger partial charge in [0.2, 0.25) is 0 Å². The highest BCUT2D eigenvalue weighted by Gasteiger charge is 2.09. The number of unbranched alkanes of at least 4 members (excludes halogenated alkanes) is 5. The lowest BCUT2D eigenvalue weighted by atomic mass is 10.1. The van der Waals surface area contributed by atoms with Crippen LogP contribution in [0.1, 0.15) is 75.1 Å². The normalized spacial score (nSPS) is 11.8. The molecule has 0 unspecified atom stereocenters. The summed E-state index contributed by atoms with van der Waals surface area (Å²) in [5, 5.41) is 9.87. The molecule has 0 fully saturated rings. The van der Waals surface area contributed by atoms with Crippen LogP contribution in [-0.2, 0) is 9.53 Å². The van der Waals surface area contributed by atoms with Crippen molar-refractivity contribution in [1.82, 2.24) is 0 Å². The molecule has 5 heteroatoms. The summed E-state index contributed by atoms with van der Waals surface area (Å²) >= 11 is 0. The van der Waals surface area contributed by atoms with Gasteiger partial charge in [-0.1, -0.05) is 44.7 Å². The SMILES string of the molecule is CCCCCCCC(=O)OC[C@H](O)CCCCOc1cccc(C=O)c1. The lowest BCUT2D eigenvalue weighted by molar-refractivity contribution is -0.146. The van der Waals surface area contributed by atoms with Crippen LogP contribution in [0.2, 0.25) is 0 Å². The van der Waals surface area contributed by atoms with Crippen molar-refractivity contribution in [3.8, 4) is 5.75 Å². The Kier molecular flexibility index (Phi) is 12.2. The Labute approximate surface area is 156 Å². The van der Waals surface area contributed by atoms with Crippen LogP contribution in [0.5, 0.6) is 5.75 Å². The molecule has 0 saturated heterocycles. The van der Waals surface area contributed by atoms with E-state index in [1.54, 1.807) is 18.2 Å². The molecule has 0 aromatic heterocycles. The maximum atomic E-state index is 11.6. The molecule has 26 heavy (non-hydrogen) atoms. The fourth-order valence-corrected chi connectivity index (χ4v) is 2.57. The van der Waals surface area contributed by atoms with E-state index in [1.165, 1.54) is 12.8 Å². The van der Waals surface area contributed by atoms with Crippen molar-refractivity contribution in [2.24, 2.45) is 0 Å². The molecular weight excluding hydrogens is 332 g/mol. The van der Waals surface area contributed by atoms with Crippen LogP contribution in [0.4, 0.5) is 0 Å². The van der Waals surface area contributed by atoms with E-state index >= 15 is 0 Å². The Balaban J connectivity index is 2.01. The van der Waals surface area contributed by atoms with Crippen LogP contribution in [0, 0.1) is 0 Å². The van der Waals surface area contributed by atoms with Crippen LogP contribution >= 0.6 is 0 Å². The first-order chi connectivity index (χ1) is 12.7. The van der Waals surface area contributed by atoms with Gasteiger partial charge in [0.1, 0.15) is 18.6 Å². The van der Waals surface area contributed by atoms with Gasteiger partial charge in [0.05, 0.1) is 12.7 Å². The number of benzene rings is 1. The molecule has 0 amide bonds. The quantitative estimate of drug-likeness (QED) is 0.285. The number of aliphatic hydroxyl groups is 1. The van der Waals surface area contributed by atoms with E-state index in [2.05, 4.69) is 6.92 Å². The third-order valence-corrected chi connectivity index (χ3v) is 4.12. The Bertz CT molecular complexity index is 515. The molecule has 0 saturated carbocycles. The molecule has 1 N–H and O–H groups in total. The number of aldehydes is 1. The van der Waals surface area contributed by atoms with Gasteiger partial charge < -0.3 is 14.6 Å². The molecule has 1 atom stereocenters. The van der Waals surface area contributed by atoms with Gasteiger partial charge >= 0.3 is 5.97 Å². The van der Waals surface area contributed by atoms with Crippen LogP contribution in [0.25, 0.3) is 0 Å². The first kappa shape index (κ1) is 22.2. The number of esters is 1. The Morgan fingerprint density at radius 2 is 1.96 bits per heavy atom. The van der Waals surface area contributed by atoms with E-state index in [1.807, 2.05) is 6.07 Å². The molecule has 0 aliphatic rings. The predicted molar refractivity (Wildman–Crippen MR) is 102 cm³/mol. The second-order valence-electron chi connectivity index (χ2n) is 6.54. The zero-order chi connectivity index (χ0) is 19.0. The largest absolute Gasteiger partial charge is 0.494 e. The van der Waals surface area contributed by atoms with E-state index in [-0.39, 0.29) is 12.6 Å². The van der Waals surface area contributed by atoms with Gasteiger partial charge in [0, 0.05) is 12.0 Å². The topological polar surface area (TPSA) is 72.8 Å². The molecule has 146 valence electrons. The first-order valence-corrected chi connectivity index (χ1v) is 9.67. The van der Waals surface area contributed by atoms with Crippen molar-refractivity contribution >= 4 is 12.3 Å². The van der Waals surface area contributed by atoms with E-state index in [9.17, 15) is 14.7 Å². The minimum atomic E-state index is -0.627. The summed E-state index contributed by atoms with van der Waals surface area (Å²) in [5.74, 6) is 0.446. The third-order valence-electron chi connectivity index (χ3n) is 4.12. The second kappa shape index (κ2) is 14.3. The Morgan fingerprint density at radius 1 is 1.15 bits per heavy atom. The van der Waals surface area contributed by atoms with Crippen molar-refractivity contribution in [2.45, 2.75) is 70.8 Å². The van der Waals surface area contributed by atoms with Gasteiger partial charge in [-0.15, -0.1) is 0 Å². The van der Waals surface area contributed by atoms with E-state index in [0.29, 0.717) is 30.8 Å². The van der Waals surface area contributed by atoms with Gasteiger partial charge in [-0.25, -0.2) is 0 Å². The van der Waals surface area contributed by atoms with Crippen molar-refractivity contribution in [1.29, 1.82) is 0 Å². The summed E-state index contributed by atoms with van der Waals surface area (Å²) in [5.41, 5.74) is 0.588. The molecular formula is C21H32O5. The lowest BCUT2D eigenvalue weighted by Crippen LogP contribution is -2.18. The summed E-state index contributed by atoms with van der Waals surface area (Å²) < 4.78 is 10.7. The maximum Gasteiger partial charge on any atom is 0.305 e. The van der Waals surface area contributed by atoms with E-state index in [0.717, 1.165) is 38.4 Å². The first-order valence-electron chi connectivity index (χ1n) is 9.67. The number of carbonyl (C=O) groups excluding carboxylic acids is 2. The van der Waals surface area contributed by atoms with Gasteiger partial charge in [-0.2, -0.15) is 0 Å². The molecule has 0 heterocycles. The van der Waals surface area contributed by atoms with Crippen LogP contribution in [0.3, 0.4) is 0 Å². The smallest absolute Gasteiger partial charge is 0.305 e. The summed E-state index contributed by atoms with van der Waals surface area (Å²) in [4.78, 5) is 22.3. The average Bonchev–Trinajstić information content (AvgIpc) is 2.66. The summed E-state index contributed by atoms with van der Waals surface area (Å²) in [6.45, 7) is 2.75. The van der Waals surface area contributed by atoms with Crippen LogP contribution in [-0.4, -0.2) is 36.7 Å². The number of aliphatic hydroxyl groups excluding tert-OH is 1. The second-order valence-corrected chi connectivity index (χ2v) is 6.54. The van der Waals surface area contributed by atoms with Crippen molar-refractivity contribution in [2.75, 3.05) is 13.2 Å². The summed E-state index contributed by atoms with van der Waals surface area (Å²) in [7, 11) is 0. The molecule has 0 aliphatic carbocycles. The molecule has 0 aliphatic heterocycles. The maximum absolute atomic E-state index is 11.6. The highest BCUT2D eigenvalue weighted by atomic mass is 16.5. The molecule has 1 aromatic rings. The molecule has 5 nitrogen and oxygen atoms in total. The van der Waals surface area contributed by atoms with E-state index in [4.69, 9.17) is 9.47 Å².